The first-order valence-corrected chi connectivity index (χ1v) is 4.87. The van der Waals surface area contributed by atoms with Crippen LogP contribution in [0, 0.1) is 5.92 Å². The summed E-state index contributed by atoms with van der Waals surface area (Å²) in [5.74, 6) is 1.39. The zero-order chi connectivity index (χ0) is 9.84. The number of aromatic nitrogens is 2. The van der Waals surface area contributed by atoms with Crippen LogP contribution in [0.5, 0.6) is 0 Å². The molecular weight excluding hydrogens is 162 g/mol. The molecule has 3 nitrogen and oxygen atoms in total. The first-order valence-electron chi connectivity index (χ1n) is 4.87. The molecule has 0 bridgehead atoms. The molecule has 0 aliphatic carbocycles. The predicted octanol–water partition coefficient (Wildman–Crippen LogP) is 1.98. The molecule has 0 saturated carbocycles. The number of imidazole rings is 1. The van der Waals surface area contributed by atoms with Crippen LogP contribution in [0.4, 0.5) is 5.95 Å². The quantitative estimate of drug-likeness (QED) is 0.772. The second-order valence-electron chi connectivity index (χ2n) is 3.99. The number of nitrogen functional groups attached to an aromatic ring is 1. The molecule has 0 aliphatic rings. The second-order valence-corrected chi connectivity index (χ2v) is 3.99. The van der Waals surface area contributed by atoms with Crippen molar-refractivity contribution < 1.29 is 0 Å². The maximum atomic E-state index is 5.62. The SMILES string of the molecule is CC(C)CCCc1cn(C)c(N)n1. The fourth-order valence-electron chi connectivity index (χ4n) is 1.36. The number of hydrogen-bond donors (Lipinski definition) is 1. The third kappa shape index (κ3) is 3.09. The highest BCUT2D eigenvalue weighted by Gasteiger charge is 2.01. The van der Waals surface area contributed by atoms with Gasteiger partial charge in [0.15, 0.2) is 5.95 Å². The lowest BCUT2D eigenvalue weighted by molar-refractivity contribution is 0.553. The molecule has 0 atom stereocenters. The smallest absolute Gasteiger partial charge is 0.200 e. The average Bonchev–Trinajstić information content (AvgIpc) is 2.30. The Kier molecular flexibility index (Phi) is 3.34. The molecule has 0 aliphatic heterocycles. The van der Waals surface area contributed by atoms with E-state index in [-0.39, 0.29) is 0 Å². The normalized spacial score (nSPS) is 11.1. The number of anilines is 1. The minimum absolute atomic E-state index is 0.611. The summed E-state index contributed by atoms with van der Waals surface area (Å²) in [6.07, 6.45) is 5.52. The van der Waals surface area contributed by atoms with Gasteiger partial charge >= 0.3 is 0 Å². The number of hydrogen-bond acceptors (Lipinski definition) is 2. The van der Waals surface area contributed by atoms with Gasteiger partial charge < -0.3 is 10.3 Å². The van der Waals surface area contributed by atoms with Gasteiger partial charge in [0.25, 0.3) is 0 Å². The van der Waals surface area contributed by atoms with E-state index in [1.54, 1.807) is 0 Å². The number of nitrogens with zero attached hydrogens (tertiary/aromatic N) is 2. The fraction of sp³-hybridized carbons (Fsp3) is 0.700. The molecule has 1 aromatic heterocycles. The van der Waals surface area contributed by atoms with E-state index in [9.17, 15) is 0 Å². The standard InChI is InChI=1S/C10H19N3/c1-8(2)5-4-6-9-7-13(3)10(11)12-9/h7-8H,4-6H2,1-3H3,(H2,11,12). The predicted molar refractivity (Wildman–Crippen MR) is 55.4 cm³/mol. The molecule has 0 radical (unpaired) electrons. The molecule has 0 saturated heterocycles. The Morgan fingerprint density at radius 2 is 2.23 bits per heavy atom. The van der Waals surface area contributed by atoms with Crippen molar-refractivity contribution in [3.63, 3.8) is 0 Å². The summed E-state index contributed by atoms with van der Waals surface area (Å²) in [5, 5.41) is 0. The topological polar surface area (TPSA) is 43.8 Å². The minimum atomic E-state index is 0.611. The van der Waals surface area contributed by atoms with E-state index in [1.807, 2.05) is 17.8 Å². The van der Waals surface area contributed by atoms with Gasteiger partial charge in [-0.15, -0.1) is 0 Å². The molecular formula is C10H19N3. The van der Waals surface area contributed by atoms with Crippen LogP contribution in [0.25, 0.3) is 0 Å². The Morgan fingerprint density at radius 3 is 2.69 bits per heavy atom. The Labute approximate surface area is 80.0 Å². The van der Waals surface area contributed by atoms with Crippen LogP contribution in [0.15, 0.2) is 6.20 Å². The highest BCUT2D eigenvalue weighted by molar-refractivity contribution is 5.21. The zero-order valence-electron chi connectivity index (χ0n) is 8.75. The van der Waals surface area contributed by atoms with E-state index in [4.69, 9.17) is 5.73 Å². The summed E-state index contributed by atoms with van der Waals surface area (Å²) in [5.41, 5.74) is 6.74. The summed E-state index contributed by atoms with van der Waals surface area (Å²) in [4.78, 5) is 4.25. The third-order valence-corrected chi connectivity index (χ3v) is 2.18. The van der Waals surface area contributed by atoms with Gasteiger partial charge in [-0.05, 0) is 18.8 Å². The van der Waals surface area contributed by atoms with Crippen molar-refractivity contribution in [2.75, 3.05) is 5.73 Å². The maximum Gasteiger partial charge on any atom is 0.200 e. The Bertz CT molecular complexity index is 244. The van der Waals surface area contributed by atoms with Crippen LogP contribution >= 0.6 is 0 Å². The van der Waals surface area contributed by atoms with Gasteiger partial charge in [-0.3, -0.25) is 0 Å². The van der Waals surface area contributed by atoms with Crippen molar-refractivity contribution in [3.8, 4) is 0 Å². The van der Waals surface area contributed by atoms with Gasteiger partial charge in [0, 0.05) is 13.2 Å². The molecule has 74 valence electrons. The largest absolute Gasteiger partial charge is 0.369 e. The number of nitrogens with two attached hydrogens (primary N) is 1. The van der Waals surface area contributed by atoms with Gasteiger partial charge in [-0.2, -0.15) is 0 Å². The van der Waals surface area contributed by atoms with E-state index < -0.39 is 0 Å². The van der Waals surface area contributed by atoms with Crippen LogP contribution in [0.3, 0.4) is 0 Å². The maximum absolute atomic E-state index is 5.62. The monoisotopic (exact) mass is 181 g/mol. The summed E-state index contributed by atoms with van der Waals surface area (Å²) in [7, 11) is 1.92. The number of rotatable bonds is 4. The Balaban J connectivity index is 2.37. The van der Waals surface area contributed by atoms with Crippen LogP contribution in [-0.4, -0.2) is 9.55 Å². The summed E-state index contributed by atoms with van der Waals surface area (Å²) >= 11 is 0. The van der Waals surface area contributed by atoms with Gasteiger partial charge in [0.05, 0.1) is 5.69 Å². The van der Waals surface area contributed by atoms with Crippen molar-refractivity contribution in [2.45, 2.75) is 33.1 Å². The minimum Gasteiger partial charge on any atom is -0.369 e. The van der Waals surface area contributed by atoms with Crippen molar-refractivity contribution in [2.24, 2.45) is 13.0 Å². The first-order chi connectivity index (χ1) is 6.09. The van der Waals surface area contributed by atoms with Gasteiger partial charge in [0.2, 0.25) is 0 Å². The molecule has 0 spiro atoms. The third-order valence-electron chi connectivity index (χ3n) is 2.18. The van der Waals surface area contributed by atoms with Crippen molar-refractivity contribution >= 4 is 5.95 Å². The molecule has 3 heteroatoms. The van der Waals surface area contributed by atoms with Crippen molar-refractivity contribution in [1.82, 2.24) is 9.55 Å². The van der Waals surface area contributed by atoms with E-state index in [0.29, 0.717) is 5.95 Å². The number of aryl methyl sites for hydroxylation is 2. The van der Waals surface area contributed by atoms with Crippen LogP contribution in [-0.2, 0) is 13.5 Å². The average molecular weight is 181 g/mol. The van der Waals surface area contributed by atoms with Gasteiger partial charge in [-0.25, -0.2) is 4.98 Å². The van der Waals surface area contributed by atoms with E-state index in [0.717, 1.165) is 18.0 Å². The molecule has 0 fully saturated rings. The van der Waals surface area contributed by atoms with Crippen LogP contribution in [0.1, 0.15) is 32.4 Å². The molecule has 0 amide bonds. The molecule has 0 aromatic carbocycles. The lowest BCUT2D eigenvalue weighted by Crippen LogP contribution is -1.94. The van der Waals surface area contributed by atoms with Gasteiger partial charge in [-0.1, -0.05) is 20.3 Å². The van der Waals surface area contributed by atoms with Crippen molar-refractivity contribution in [1.29, 1.82) is 0 Å². The second kappa shape index (κ2) is 4.30. The molecule has 1 heterocycles. The molecule has 1 rings (SSSR count). The summed E-state index contributed by atoms with van der Waals surface area (Å²) < 4.78 is 1.87. The molecule has 2 N–H and O–H groups in total. The van der Waals surface area contributed by atoms with Gasteiger partial charge in [0.1, 0.15) is 0 Å². The lowest BCUT2D eigenvalue weighted by atomic mass is 10.1. The Hall–Kier alpha value is -0.990. The lowest BCUT2D eigenvalue weighted by Gasteiger charge is -2.01. The highest BCUT2D eigenvalue weighted by Crippen LogP contribution is 2.10. The van der Waals surface area contributed by atoms with E-state index >= 15 is 0 Å². The van der Waals surface area contributed by atoms with E-state index in [2.05, 4.69) is 18.8 Å². The summed E-state index contributed by atoms with van der Waals surface area (Å²) in [6.45, 7) is 4.49. The van der Waals surface area contributed by atoms with Crippen LogP contribution < -0.4 is 5.73 Å². The van der Waals surface area contributed by atoms with Crippen LogP contribution in [0.2, 0.25) is 0 Å². The molecule has 0 unspecified atom stereocenters. The zero-order valence-corrected chi connectivity index (χ0v) is 8.75. The van der Waals surface area contributed by atoms with E-state index in [1.165, 1.54) is 12.8 Å². The summed E-state index contributed by atoms with van der Waals surface area (Å²) in [6, 6.07) is 0. The fourth-order valence-corrected chi connectivity index (χ4v) is 1.36. The highest BCUT2D eigenvalue weighted by atomic mass is 15.1. The molecule has 1 aromatic rings. The first kappa shape index (κ1) is 10.1. The Morgan fingerprint density at radius 1 is 1.54 bits per heavy atom. The molecule has 13 heavy (non-hydrogen) atoms. The van der Waals surface area contributed by atoms with Crippen molar-refractivity contribution in [3.05, 3.63) is 11.9 Å².